The summed E-state index contributed by atoms with van der Waals surface area (Å²) in [6, 6.07) is 1.80. The highest BCUT2D eigenvalue weighted by Gasteiger charge is 2.17. The van der Waals surface area contributed by atoms with Gasteiger partial charge < -0.3 is 14.6 Å². The minimum absolute atomic E-state index is 0.0912. The van der Waals surface area contributed by atoms with Crippen molar-refractivity contribution in [2.75, 3.05) is 6.61 Å². The SMILES string of the molecule is CCOC(C)C(O)c1cncc(OC(C)C)c1. The molecular formula is C13H21NO3. The summed E-state index contributed by atoms with van der Waals surface area (Å²) in [4.78, 5) is 4.06. The molecule has 4 heteroatoms. The van der Waals surface area contributed by atoms with Gasteiger partial charge in [-0.1, -0.05) is 0 Å². The maximum Gasteiger partial charge on any atom is 0.138 e. The van der Waals surface area contributed by atoms with E-state index in [1.54, 1.807) is 18.5 Å². The lowest BCUT2D eigenvalue weighted by Crippen LogP contribution is -2.19. The van der Waals surface area contributed by atoms with Gasteiger partial charge in [0.1, 0.15) is 11.9 Å². The van der Waals surface area contributed by atoms with Crippen molar-refractivity contribution >= 4 is 0 Å². The lowest BCUT2D eigenvalue weighted by atomic mass is 10.1. The lowest BCUT2D eigenvalue weighted by molar-refractivity contribution is -0.0230. The number of aliphatic hydroxyl groups is 1. The van der Waals surface area contributed by atoms with Gasteiger partial charge in [0.25, 0.3) is 0 Å². The molecule has 0 aliphatic heterocycles. The quantitative estimate of drug-likeness (QED) is 0.827. The number of hydrogen-bond acceptors (Lipinski definition) is 4. The minimum atomic E-state index is -0.682. The summed E-state index contributed by atoms with van der Waals surface area (Å²) in [5.41, 5.74) is 0.712. The predicted molar refractivity (Wildman–Crippen MR) is 66.0 cm³/mol. The summed E-state index contributed by atoms with van der Waals surface area (Å²) in [6.07, 6.45) is 2.43. The Morgan fingerprint density at radius 3 is 2.59 bits per heavy atom. The monoisotopic (exact) mass is 239 g/mol. The van der Waals surface area contributed by atoms with Crippen LogP contribution < -0.4 is 4.74 Å². The third kappa shape index (κ3) is 4.32. The van der Waals surface area contributed by atoms with E-state index in [1.807, 2.05) is 27.7 Å². The van der Waals surface area contributed by atoms with Crippen LogP contribution in [0.2, 0.25) is 0 Å². The Morgan fingerprint density at radius 1 is 1.29 bits per heavy atom. The van der Waals surface area contributed by atoms with E-state index >= 15 is 0 Å². The Kier molecular flexibility index (Phi) is 5.38. The van der Waals surface area contributed by atoms with Crippen molar-refractivity contribution in [3.63, 3.8) is 0 Å². The lowest BCUT2D eigenvalue weighted by Gasteiger charge is -2.19. The first-order valence-corrected chi connectivity index (χ1v) is 5.95. The van der Waals surface area contributed by atoms with Crippen LogP contribution in [0.3, 0.4) is 0 Å². The largest absolute Gasteiger partial charge is 0.489 e. The molecule has 0 saturated heterocycles. The van der Waals surface area contributed by atoms with Gasteiger partial charge >= 0.3 is 0 Å². The molecule has 2 atom stereocenters. The van der Waals surface area contributed by atoms with Crippen molar-refractivity contribution in [2.24, 2.45) is 0 Å². The van der Waals surface area contributed by atoms with Gasteiger partial charge in [0.05, 0.1) is 18.4 Å². The summed E-state index contributed by atoms with van der Waals surface area (Å²) in [5.74, 6) is 0.667. The first-order valence-electron chi connectivity index (χ1n) is 5.95. The molecule has 1 heterocycles. The van der Waals surface area contributed by atoms with Gasteiger partial charge in [-0.25, -0.2) is 0 Å². The van der Waals surface area contributed by atoms with Crippen LogP contribution >= 0.6 is 0 Å². The van der Waals surface area contributed by atoms with E-state index in [1.165, 1.54) is 0 Å². The van der Waals surface area contributed by atoms with Crippen molar-refractivity contribution in [3.8, 4) is 5.75 Å². The normalized spacial score (nSPS) is 14.7. The molecule has 2 unspecified atom stereocenters. The van der Waals surface area contributed by atoms with Crippen LogP contribution in [-0.4, -0.2) is 28.9 Å². The van der Waals surface area contributed by atoms with Gasteiger partial charge in [-0.15, -0.1) is 0 Å². The van der Waals surface area contributed by atoms with Crippen molar-refractivity contribution in [1.29, 1.82) is 0 Å². The summed E-state index contributed by atoms with van der Waals surface area (Å²) < 4.78 is 10.9. The highest BCUT2D eigenvalue weighted by atomic mass is 16.5. The summed E-state index contributed by atoms with van der Waals surface area (Å²) in [7, 11) is 0. The molecular weight excluding hydrogens is 218 g/mol. The van der Waals surface area contributed by atoms with Gasteiger partial charge in [0.15, 0.2) is 0 Å². The first-order chi connectivity index (χ1) is 8.04. The van der Waals surface area contributed by atoms with Gasteiger partial charge in [0, 0.05) is 18.4 Å². The van der Waals surface area contributed by atoms with E-state index in [0.29, 0.717) is 17.9 Å². The molecule has 0 aliphatic carbocycles. The molecule has 1 aromatic rings. The van der Waals surface area contributed by atoms with Crippen molar-refractivity contribution in [3.05, 3.63) is 24.0 Å². The Balaban J connectivity index is 2.76. The fourth-order valence-electron chi connectivity index (χ4n) is 1.56. The smallest absolute Gasteiger partial charge is 0.138 e. The van der Waals surface area contributed by atoms with Crippen LogP contribution in [0.5, 0.6) is 5.75 Å². The second-order valence-corrected chi connectivity index (χ2v) is 4.23. The zero-order chi connectivity index (χ0) is 12.8. The number of aliphatic hydroxyl groups excluding tert-OH is 1. The van der Waals surface area contributed by atoms with E-state index in [9.17, 15) is 5.11 Å². The second kappa shape index (κ2) is 6.57. The molecule has 0 saturated carbocycles. The van der Waals surface area contributed by atoms with E-state index in [0.717, 1.165) is 0 Å². The third-order valence-corrected chi connectivity index (χ3v) is 2.32. The number of hydrogen-bond donors (Lipinski definition) is 1. The number of nitrogens with zero attached hydrogens (tertiary/aromatic N) is 1. The van der Waals surface area contributed by atoms with Crippen LogP contribution in [0.15, 0.2) is 18.5 Å². The standard InChI is InChI=1S/C13H21NO3/c1-5-16-10(4)13(15)11-6-12(8-14-7-11)17-9(2)3/h6-10,13,15H,5H2,1-4H3. The summed E-state index contributed by atoms with van der Waals surface area (Å²) >= 11 is 0. The number of pyridine rings is 1. The zero-order valence-electron chi connectivity index (χ0n) is 10.9. The van der Waals surface area contributed by atoms with E-state index in [4.69, 9.17) is 9.47 Å². The van der Waals surface area contributed by atoms with Crippen molar-refractivity contribution < 1.29 is 14.6 Å². The molecule has 96 valence electrons. The van der Waals surface area contributed by atoms with Gasteiger partial charge in [-0.2, -0.15) is 0 Å². The number of ether oxygens (including phenoxy) is 2. The first kappa shape index (κ1) is 13.9. The van der Waals surface area contributed by atoms with Crippen LogP contribution in [0, 0.1) is 0 Å². The second-order valence-electron chi connectivity index (χ2n) is 4.23. The van der Waals surface area contributed by atoms with E-state index in [2.05, 4.69) is 4.98 Å². The van der Waals surface area contributed by atoms with Crippen LogP contribution in [0.4, 0.5) is 0 Å². The van der Waals surface area contributed by atoms with Crippen LogP contribution in [0.1, 0.15) is 39.4 Å². The van der Waals surface area contributed by atoms with Gasteiger partial charge in [0.2, 0.25) is 0 Å². The molecule has 0 aromatic carbocycles. The zero-order valence-corrected chi connectivity index (χ0v) is 10.9. The van der Waals surface area contributed by atoms with Gasteiger partial charge in [-0.05, 0) is 33.8 Å². The minimum Gasteiger partial charge on any atom is -0.489 e. The number of aromatic nitrogens is 1. The van der Waals surface area contributed by atoms with E-state index in [-0.39, 0.29) is 12.2 Å². The Hall–Kier alpha value is -1.13. The molecule has 0 amide bonds. The molecule has 1 aromatic heterocycles. The summed E-state index contributed by atoms with van der Waals surface area (Å²) in [5, 5.41) is 10.1. The predicted octanol–water partition coefficient (Wildman–Crippen LogP) is 2.33. The highest BCUT2D eigenvalue weighted by molar-refractivity contribution is 5.25. The molecule has 0 radical (unpaired) electrons. The third-order valence-electron chi connectivity index (χ3n) is 2.32. The molecule has 0 fully saturated rings. The maximum atomic E-state index is 10.1. The molecule has 0 aliphatic rings. The summed E-state index contributed by atoms with van der Waals surface area (Å²) in [6.45, 7) is 8.22. The maximum absolute atomic E-state index is 10.1. The molecule has 0 spiro atoms. The Morgan fingerprint density at radius 2 is 2.00 bits per heavy atom. The highest BCUT2D eigenvalue weighted by Crippen LogP contribution is 2.22. The number of rotatable bonds is 6. The Bertz CT molecular complexity index is 341. The molecule has 17 heavy (non-hydrogen) atoms. The Labute approximate surface area is 103 Å². The topological polar surface area (TPSA) is 51.6 Å². The fourth-order valence-corrected chi connectivity index (χ4v) is 1.56. The van der Waals surface area contributed by atoms with Crippen molar-refractivity contribution in [1.82, 2.24) is 4.98 Å². The molecule has 1 N–H and O–H groups in total. The van der Waals surface area contributed by atoms with Crippen molar-refractivity contribution in [2.45, 2.75) is 46.0 Å². The molecule has 0 bridgehead atoms. The fraction of sp³-hybridized carbons (Fsp3) is 0.615. The average Bonchev–Trinajstić information content (AvgIpc) is 2.28. The average molecular weight is 239 g/mol. The van der Waals surface area contributed by atoms with Crippen LogP contribution in [-0.2, 0) is 4.74 Å². The molecule has 1 rings (SSSR count). The van der Waals surface area contributed by atoms with Gasteiger partial charge in [-0.3, -0.25) is 4.98 Å². The van der Waals surface area contributed by atoms with Crippen LogP contribution in [0.25, 0.3) is 0 Å². The van der Waals surface area contributed by atoms with E-state index < -0.39 is 6.10 Å². The molecule has 4 nitrogen and oxygen atoms in total.